The van der Waals surface area contributed by atoms with Crippen LogP contribution in [0.3, 0.4) is 0 Å². The van der Waals surface area contributed by atoms with Crippen molar-refractivity contribution in [2.45, 2.75) is 200 Å². The van der Waals surface area contributed by atoms with E-state index in [4.69, 9.17) is 9.84 Å². The number of allylic oxidation sites excluding steroid dienone is 2. The van der Waals surface area contributed by atoms with E-state index >= 15 is 0 Å². The molecule has 0 saturated heterocycles. The third-order valence-electron chi connectivity index (χ3n) is 7.74. The van der Waals surface area contributed by atoms with Gasteiger partial charge in [0.05, 0.1) is 0 Å². The molecule has 1 unspecified atom stereocenters. The van der Waals surface area contributed by atoms with Crippen molar-refractivity contribution < 1.29 is 19.4 Å². The van der Waals surface area contributed by atoms with Gasteiger partial charge in [0.2, 0.25) is 0 Å². The number of carbonyl (C=O) groups is 2. The fourth-order valence-electron chi connectivity index (χ4n) is 5.16. The van der Waals surface area contributed by atoms with Crippen LogP contribution in [0.5, 0.6) is 0 Å². The van der Waals surface area contributed by atoms with E-state index in [1.165, 1.54) is 103 Å². The molecule has 230 valence electrons. The number of unbranched alkanes of at least 4 members (excludes halogenated alkanes) is 20. The van der Waals surface area contributed by atoms with Crippen LogP contribution in [0.15, 0.2) is 12.2 Å². The summed E-state index contributed by atoms with van der Waals surface area (Å²) in [5, 5.41) is 8.77. The fourth-order valence-corrected chi connectivity index (χ4v) is 5.16. The summed E-state index contributed by atoms with van der Waals surface area (Å²) < 4.78 is 5.96. The van der Waals surface area contributed by atoms with Crippen LogP contribution in [0.25, 0.3) is 0 Å². The van der Waals surface area contributed by atoms with Crippen molar-refractivity contribution in [2.24, 2.45) is 0 Å². The first-order valence-electron chi connectivity index (χ1n) is 17.2. The number of esters is 1. The van der Waals surface area contributed by atoms with E-state index in [2.05, 4.69) is 26.0 Å². The minimum atomic E-state index is -0.700. The van der Waals surface area contributed by atoms with E-state index in [9.17, 15) is 9.59 Å². The molecule has 0 aromatic rings. The van der Waals surface area contributed by atoms with Crippen LogP contribution in [0, 0.1) is 0 Å². The van der Waals surface area contributed by atoms with Gasteiger partial charge in [0.1, 0.15) is 6.10 Å². The first-order chi connectivity index (χ1) is 19.1. The average molecular weight is 551 g/mol. The van der Waals surface area contributed by atoms with E-state index in [1.54, 1.807) is 0 Å². The third kappa shape index (κ3) is 31.1. The topological polar surface area (TPSA) is 63.6 Å². The van der Waals surface area contributed by atoms with E-state index < -0.39 is 5.97 Å². The average Bonchev–Trinajstić information content (AvgIpc) is 2.91. The standard InChI is InChI=1S/C35H66O4/c1-3-5-7-9-11-13-14-15-17-19-24-28-32-35(38)39-33(30-26-22-20-23-27-31-34(36)37)29-25-21-18-16-12-10-8-6-4-2/h9,11,33H,3-8,10,12-32H2,1-2H3,(H,36,37)/b11-9-. The second-order valence-electron chi connectivity index (χ2n) is 11.7. The first-order valence-corrected chi connectivity index (χ1v) is 17.2. The summed E-state index contributed by atoms with van der Waals surface area (Å²) in [5.41, 5.74) is 0. The molecule has 0 fully saturated rings. The normalized spacial score (nSPS) is 12.3. The van der Waals surface area contributed by atoms with Crippen molar-refractivity contribution >= 4 is 11.9 Å². The van der Waals surface area contributed by atoms with Gasteiger partial charge in [-0.2, -0.15) is 0 Å². The van der Waals surface area contributed by atoms with Crippen molar-refractivity contribution in [1.29, 1.82) is 0 Å². The lowest BCUT2D eigenvalue weighted by atomic mass is 10.0. The Hall–Kier alpha value is -1.32. The summed E-state index contributed by atoms with van der Waals surface area (Å²) in [4.78, 5) is 23.2. The summed E-state index contributed by atoms with van der Waals surface area (Å²) in [7, 11) is 0. The van der Waals surface area contributed by atoms with Crippen molar-refractivity contribution in [3.63, 3.8) is 0 Å². The molecule has 0 amide bonds. The minimum Gasteiger partial charge on any atom is -0.481 e. The summed E-state index contributed by atoms with van der Waals surface area (Å²) in [6.07, 6.45) is 36.4. The van der Waals surface area contributed by atoms with Crippen LogP contribution < -0.4 is 0 Å². The first kappa shape index (κ1) is 37.7. The molecular weight excluding hydrogens is 484 g/mol. The van der Waals surface area contributed by atoms with Crippen LogP contribution in [0.4, 0.5) is 0 Å². The van der Waals surface area contributed by atoms with Crippen LogP contribution in [-0.4, -0.2) is 23.1 Å². The largest absolute Gasteiger partial charge is 0.481 e. The molecule has 0 saturated carbocycles. The van der Waals surface area contributed by atoms with E-state index in [-0.39, 0.29) is 18.5 Å². The molecule has 0 aliphatic rings. The number of carboxylic acid groups (broad SMARTS) is 1. The van der Waals surface area contributed by atoms with Crippen molar-refractivity contribution in [3.05, 3.63) is 12.2 Å². The predicted molar refractivity (Wildman–Crippen MR) is 167 cm³/mol. The second kappa shape index (κ2) is 31.2. The van der Waals surface area contributed by atoms with E-state index in [0.29, 0.717) is 6.42 Å². The number of carbonyl (C=O) groups excluding carboxylic acids is 1. The number of aliphatic carboxylic acids is 1. The molecule has 0 bridgehead atoms. The third-order valence-corrected chi connectivity index (χ3v) is 7.74. The van der Waals surface area contributed by atoms with Gasteiger partial charge in [0.15, 0.2) is 0 Å². The van der Waals surface area contributed by atoms with E-state index in [0.717, 1.165) is 64.2 Å². The number of rotatable bonds is 31. The molecule has 0 rings (SSSR count). The van der Waals surface area contributed by atoms with Gasteiger partial charge in [-0.05, 0) is 57.8 Å². The van der Waals surface area contributed by atoms with E-state index in [1.807, 2.05) is 0 Å². The zero-order chi connectivity index (χ0) is 28.7. The zero-order valence-corrected chi connectivity index (χ0v) is 26.2. The summed E-state index contributed by atoms with van der Waals surface area (Å²) in [5.74, 6) is -0.705. The van der Waals surface area contributed by atoms with Crippen LogP contribution in [-0.2, 0) is 14.3 Å². The minimum absolute atomic E-state index is 0.00500. The van der Waals surface area contributed by atoms with Crippen LogP contribution in [0.2, 0.25) is 0 Å². The lowest BCUT2D eigenvalue weighted by Gasteiger charge is -2.18. The van der Waals surface area contributed by atoms with Gasteiger partial charge in [0, 0.05) is 12.8 Å². The SMILES string of the molecule is CCCC/C=C\CCCCCCCCC(=O)OC(CCCCCCCCCCC)CCCCCCCC(=O)O. The second-order valence-corrected chi connectivity index (χ2v) is 11.7. The number of hydrogen-bond acceptors (Lipinski definition) is 3. The Kier molecular flexibility index (Phi) is 30.2. The number of ether oxygens (including phenoxy) is 1. The Labute approximate surface area is 243 Å². The monoisotopic (exact) mass is 550 g/mol. The molecular formula is C35H66O4. The molecule has 0 spiro atoms. The maximum Gasteiger partial charge on any atom is 0.306 e. The van der Waals surface area contributed by atoms with Crippen molar-refractivity contribution in [2.75, 3.05) is 0 Å². The summed E-state index contributed by atoms with van der Waals surface area (Å²) in [6.45, 7) is 4.50. The molecule has 0 heterocycles. The fraction of sp³-hybridized carbons (Fsp3) is 0.886. The van der Waals surface area contributed by atoms with Crippen LogP contribution in [0.1, 0.15) is 194 Å². The van der Waals surface area contributed by atoms with Gasteiger partial charge >= 0.3 is 11.9 Å². The maximum absolute atomic E-state index is 12.5. The molecule has 0 aliphatic carbocycles. The number of carboxylic acids is 1. The highest BCUT2D eigenvalue weighted by Crippen LogP contribution is 2.19. The highest BCUT2D eigenvalue weighted by Gasteiger charge is 2.14. The Bertz CT molecular complexity index is 557. The molecule has 0 radical (unpaired) electrons. The van der Waals surface area contributed by atoms with Gasteiger partial charge in [0.25, 0.3) is 0 Å². The molecule has 0 aliphatic heterocycles. The Balaban J connectivity index is 4.04. The Morgan fingerprint density at radius 3 is 1.46 bits per heavy atom. The summed E-state index contributed by atoms with van der Waals surface area (Å²) >= 11 is 0. The van der Waals surface area contributed by atoms with Gasteiger partial charge in [-0.15, -0.1) is 0 Å². The highest BCUT2D eigenvalue weighted by atomic mass is 16.5. The molecule has 4 nitrogen and oxygen atoms in total. The lowest BCUT2D eigenvalue weighted by molar-refractivity contribution is -0.150. The van der Waals surface area contributed by atoms with Crippen molar-refractivity contribution in [1.82, 2.24) is 0 Å². The highest BCUT2D eigenvalue weighted by molar-refractivity contribution is 5.69. The lowest BCUT2D eigenvalue weighted by Crippen LogP contribution is -2.18. The van der Waals surface area contributed by atoms with Gasteiger partial charge in [-0.1, -0.05) is 135 Å². The molecule has 39 heavy (non-hydrogen) atoms. The Morgan fingerprint density at radius 1 is 0.538 bits per heavy atom. The molecule has 0 aromatic heterocycles. The maximum atomic E-state index is 12.5. The summed E-state index contributed by atoms with van der Waals surface area (Å²) in [6, 6.07) is 0. The van der Waals surface area contributed by atoms with Crippen molar-refractivity contribution in [3.8, 4) is 0 Å². The molecule has 1 N–H and O–H groups in total. The molecule has 1 atom stereocenters. The Morgan fingerprint density at radius 2 is 0.949 bits per heavy atom. The van der Waals surface area contributed by atoms with Gasteiger partial charge in [-0.25, -0.2) is 0 Å². The van der Waals surface area contributed by atoms with Gasteiger partial charge in [-0.3, -0.25) is 9.59 Å². The molecule has 4 heteroatoms. The van der Waals surface area contributed by atoms with Crippen LogP contribution >= 0.6 is 0 Å². The zero-order valence-electron chi connectivity index (χ0n) is 26.2. The van der Waals surface area contributed by atoms with Gasteiger partial charge < -0.3 is 9.84 Å². The smallest absolute Gasteiger partial charge is 0.306 e. The molecule has 0 aromatic carbocycles. The quantitative estimate of drug-likeness (QED) is 0.0529. The predicted octanol–water partition coefficient (Wildman–Crippen LogP) is 11.5. The number of hydrogen-bond donors (Lipinski definition) is 1.